The highest BCUT2D eigenvalue weighted by Crippen LogP contribution is 1.93. The average molecular weight is 144 g/mol. The molecule has 0 heterocycles. The number of nitrogens with one attached hydrogen (secondary N) is 1. The van der Waals surface area contributed by atoms with Crippen molar-refractivity contribution in [2.75, 3.05) is 6.54 Å². The van der Waals surface area contributed by atoms with Crippen molar-refractivity contribution >= 4 is 5.91 Å². The highest BCUT2D eigenvalue weighted by atomic mass is 16.1. The molecule has 0 bridgehead atoms. The van der Waals surface area contributed by atoms with Crippen LogP contribution in [0.2, 0.25) is 0 Å². The van der Waals surface area contributed by atoms with Crippen LogP contribution >= 0.6 is 0 Å². The van der Waals surface area contributed by atoms with Gasteiger partial charge in [0.15, 0.2) is 0 Å². The zero-order chi connectivity index (χ0) is 7.98. The summed E-state index contributed by atoms with van der Waals surface area (Å²) in [5, 5.41) is 2.77. The first-order chi connectivity index (χ1) is 4.70. The molecule has 0 aliphatic rings. The van der Waals surface area contributed by atoms with Crippen molar-refractivity contribution in [1.29, 1.82) is 0 Å². The molecule has 3 heteroatoms. The molecule has 0 saturated heterocycles. The Kier molecular flexibility index (Phi) is 4.94. The van der Waals surface area contributed by atoms with Crippen molar-refractivity contribution in [2.45, 2.75) is 32.7 Å². The van der Waals surface area contributed by atoms with E-state index in [1.54, 1.807) is 0 Å². The van der Waals surface area contributed by atoms with Crippen LogP contribution in [0.1, 0.15) is 26.7 Å². The van der Waals surface area contributed by atoms with Gasteiger partial charge >= 0.3 is 0 Å². The van der Waals surface area contributed by atoms with Crippen molar-refractivity contribution in [3.63, 3.8) is 0 Å². The SMILES string of the molecule is CCCC(C)NC(=O)CN. The maximum absolute atomic E-state index is 10.7. The van der Waals surface area contributed by atoms with Gasteiger partial charge in [0.25, 0.3) is 0 Å². The normalized spacial score (nSPS) is 12.7. The summed E-state index contributed by atoms with van der Waals surface area (Å²) in [5.74, 6) is -0.0686. The van der Waals surface area contributed by atoms with Crippen molar-refractivity contribution < 1.29 is 4.79 Å². The van der Waals surface area contributed by atoms with Crippen LogP contribution in [-0.4, -0.2) is 18.5 Å². The Labute approximate surface area is 62.0 Å². The van der Waals surface area contributed by atoms with E-state index in [9.17, 15) is 4.79 Å². The average Bonchev–Trinajstić information content (AvgIpc) is 1.88. The molecule has 0 rings (SSSR count). The lowest BCUT2D eigenvalue weighted by molar-refractivity contribution is -0.120. The summed E-state index contributed by atoms with van der Waals surface area (Å²) in [6.45, 7) is 4.16. The van der Waals surface area contributed by atoms with E-state index in [1.807, 2.05) is 6.92 Å². The molecule has 0 aromatic heterocycles. The number of carbonyl (C=O) groups is 1. The van der Waals surface area contributed by atoms with E-state index in [2.05, 4.69) is 12.2 Å². The van der Waals surface area contributed by atoms with E-state index >= 15 is 0 Å². The Hall–Kier alpha value is -0.570. The number of hydrogen-bond donors (Lipinski definition) is 2. The molecular formula is C7H16N2O. The minimum Gasteiger partial charge on any atom is -0.353 e. The van der Waals surface area contributed by atoms with Gasteiger partial charge in [0.1, 0.15) is 0 Å². The van der Waals surface area contributed by atoms with Gasteiger partial charge in [-0.2, -0.15) is 0 Å². The van der Waals surface area contributed by atoms with Crippen LogP contribution in [0.3, 0.4) is 0 Å². The molecule has 1 amide bonds. The van der Waals surface area contributed by atoms with Gasteiger partial charge in [-0.15, -0.1) is 0 Å². The fourth-order valence-electron chi connectivity index (χ4n) is 0.839. The quantitative estimate of drug-likeness (QED) is 0.594. The molecule has 0 aromatic carbocycles. The first kappa shape index (κ1) is 9.43. The third-order valence-corrected chi connectivity index (χ3v) is 1.31. The molecule has 0 aliphatic heterocycles. The number of amides is 1. The third kappa shape index (κ3) is 4.32. The topological polar surface area (TPSA) is 55.1 Å². The summed E-state index contributed by atoms with van der Waals surface area (Å²) in [7, 11) is 0. The van der Waals surface area contributed by atoms with Crippen molar-refractivity contribution in [1.82, 2.24) is 5.32 Å². The number of rotatable bonds is 4. The van der Waals surface area contributed by atoms with Gasteiger partial charge in [0, 0.05) is 6.04 Å². The lowest BCUT2D eigenvalue weighted by atomic mass is 10.2. The van der Waals surface area contributed by atoms with Crippen LogP contribution in [0, 0.1) is 0 Å². The number of carbonyl (C=O) groups excluding carboxylic acids is 1. The van der Waals surface area contributed by atoms with Gasteiger partial charge in [-0.1, -0.05) is 13.3 Å². The standard InChI is InChI=1S/C7H16N2O/c1-3-4-6(2)9-7(10)5-8/h6H,3-5,8H2,1-2H3,(H,9,10). The molecule has 0 fully saturated rings. The van der Waals surface area contributed by atoms with E-state index in [0.29, 0.717) is 0 Å². The summed E-state index contributed by atoms with van der Waals surface area (Å²) in [6, 6.07) is 0.265. The molecule has 3 N–H and O–H groups in total. The first-order valence-electron chi connectivity index (χ1n) is 3.70. The van der Waals surface area contributed by atoms with Gasteiger partial charge in [0.2, 0.25) is 5.91 Å². The second-order valence-corrected chi connectivity index (χ2v) is 2.46. The van der Waals surface area contributed by atoms with Gasteiger partial charge in [-0.05, 0) is 13.3 Å². The highest BCUT2D eigenvalue weighted by molar-refractivity contribution is 5.77. The minimum atomic E-state index is -0.0686. The Morgan fingerprint density at radius 2 is 2.30 bits per heavy atom. The van der Waals surface area contributed by atoms with Crippen molar-refractivity contribution in [2.24, 2.45) is 5.73 Å². The minimum absolute atomic E-state index is 0.0686. The predicted octanol–water partition coefficient (Wildman–Crippen LogP) is 0.250. The van der Waals surface area contributed by atoms with E-state index in [0.717, 1.165) is 12.8 Å². The van der Waals surface area contributed by atoms with Gasteiger partial charge < -0.3 is 11.1 Å². The summed E-state index contributed by atoms with van der Waals surface area (Å²) >= 11 is 0. The van der Waals surface area contributed by atoms with Crippen LogP contribution in [0.5, 0.6) is 0 Å². The first-order valence-corrected chi connectivity index (χ1v) is 3.70. The Bertz CT molecular complexity index is 104. The molecule has 0 radical (unpaired) electrons. The summed E-state index contributed by atoms with van der Waals surface area (Å²) in [6.07, 6.45) is 2.11. The molecule has 0 spiro atoms. The Balaban J connectivity index is 3.37. The summed E-state index contributed by atoms with van der Waals surface area (Å²) in [4.78, 5) is 10.7. The molecule has 10 heavy (non-hydrogen) atoms. The highest BCUT2D eigenvalue weighted by Gasteiger charge is 2.02. The zero-order valence-electron chi connectivity index (χ0n) is 6.68. The van der Waals surface area contributed by atoms with Gasteiger partial charge in [-0.25, -0.2) is 0 Å². The maximum Gasteiger partial charge on any atom is 0.233 e. The van der Waals surface area contributed by atoms with Crippen LogP contribution < -0.4 is 11.1 Å². The van der Waals surface area contributed by atoms with Crippen LogP contribution in [-0.2, 0) is 4.79 Å². The molecule has 1 atom stereocenters. The second kappa shape index (κ2) is 5.23. The van der Waals surface area contributed by atoms with Crippen molar-refractivity contribution in [3.8, 4) is 0 Å². The van der Waals surface area contributed by atoms with Crippen LogP contribution in [0.15, 0.2) is 0 Å². The molecule has 0 aliphatic carbocycles. The predicted molar refractivity (Wildman–Crippen MR) is 41.6 cm³/mol. The Morgan fingerprint density at radius 3 is 2.70 bits per heavy atom. The van der Waals surface area contributed by atoms with E-state index < -0.39 is 0 Å². The monoisotopic (exact) mass is 144 g/mol. The van der Waals surface area contributed by atoms with E-state index in [-0.39, 0.29) is 18.5 Å². The molecule has 1 unspecified atom stereocenters. The largest absolute Gasteiger partial charge is 0.353 e. The zero-order valence-corrected chi connectivity index (χ0v) is 6.68. The molecule has 0 aromatic rings. The van der Waals surface area contributed by atoms with E-state index in [4.69, 9.17) is 5.73 Å². The second-order valence-electron chi connectivity index (χ2n) is 2.46. The summed E-state index contributed by atoms with van der Waals surface area (Å²) in [5.41, 5.74) is 5.10. The van der Waals surface area contributed by atoms with E-state index in [1.165, 1.54) is 0 Å². The van der Waals surface area contributed by atoms with Gasteiger partial charge in [0.05, 0.1) is 6.54 Å². The van der Waals surface area contributed by atoms with Gasteiger partial charge in [-0.3, -0.25) is 4.79 Å². The number of nitrogens with two attached hydrogens (primary N) is 1. The number of hydrogen-bond acceptors (Lipinski definition) is 2. The Morgan fingerprint density at radius 1 is 1.70 bits per heavy atom. The summed E-state index contributed by atoms with van der Waals surface area (Å²) < 4.78 is 0. The third-order valence-electron chi connectivity index (χ3n) is 1.31. The maximum atomic E-state index is 10.7. The van der Waals surface area contributed by atoms with Crippen molar-refractivity contribution in [3.05, 3.63) is 0 Å². The van der Waals surface area contributed by atoms with Crippen LogP contribution in [0.4, 0.5) is 0 Å². The molecule has 0 saturated carbocycles. The lowest BCUT2D eigenvalue weighted by Gasteiger charge is -2.10. The molecule has 60 valence electrons. The molecule has 3 nitrogen and oxygen atoms in total. The smallest absolute Gasteiger partial charge is 0.233 e. The fourth-order valence-corrected chi connectivity index (χ4v) is 0.839. The lowest BCUT2D eigenvalue weighted by Crippen LogP contribution is -2.36. The fraction of sp³-hybridized carbons (Fsp3) is 0.857. The molecular weight excluding hydrogens is 128 g/mol. The van der Waals surface area contributed by atoms with Crippen LogP contribution in [0.25, 0.3) is 0 Å².